The Balaban J connectivity index is 1.47. The maximum atomic E-state index is 13.4. The number of fused-ring (bicyclic) bond motifs is 1. The van der Waals surface area contributed by atoms with Gasteiger partial charge >= 0.3 is 6.09 Å². The molecule has 3 aromatic rings. The summed E-state index contributed by atoms with van der Waals surface area (Å²) in [5.74, 6) is 0.752. The van der Waals surface area contributed by atoms with Crippen molar-refractivity contribution in [2.24, 2.45) is 0 Å². The second-order valence-corrected chi connectivity index (χ2v) is 8.17. The molecule has 5 rings (SSSR count). The number of rotatable bonds is 4. The predicted molar refractivity (Wildman–Crippen MR) is 120 cm³/mol. The Kier molecular flexibility index (Phi) is 4.97. The summed E-state index contributed by atoms with van der Waals surface area (Å²) in [6.07, 6.45) is 3.87. The molecule has 0 aliphatic carbocycles. The molecule has 2 aliphatic rings. The van der Waals surface area contributed by atoms with E-state index in [-0.39, 0.29) is 11.6 Å². The van der Waals surface area contributed by atoms with E-state index in [0.717, 1.165) is 49.4 Å². The van der Waals surface area contributed by atoms with Gasteiger partial charge in [-0.05, 0) is 49.1 Å². The zero-order valence-corrected chi connectivity index (χ0v) is 17.2. The number of likely N-dealkylation sites (tertiary alicyclic amines) is 1. The van der Waals surface area contributed by atoms with Crippen molar-refractivity contribution in [3.63, 3.8) is 0 Å². The summed E-state index contributed by atoms with van der Waals surface area (Å²) in [6.45, 7) is 2.84. The van der Waals surface area contributed by atoms with Crippen molar-refractivity contribution >= 4 is 23.2 Å². The molecule has 2 aliphatic heterocycles. The highest BCUT2D eigenvalue weighted by Gasteiger charge is 2.26. The summed E-state index contributed by atoms with van der Waals surface area (Å²) in [6, 6.07) is 13.5. The molecule has 0 saturated carbocycles. The first-order valence-electron chi connectivity index (χ1n) is 10.7. The lowest BCUT2D eigenvalue weighted by molar-refractivity contribution is 0.155. The minimum atomic E-state index is -0.877. The molecule has 2 N–H and O–H groups in total. The number of nitrogens with one attached hydrogen (secondary N) is 1. The lowest BCUT2D eigenvalue weighted by Crippen LogP contribution is -2.30. The van der Waals surface area contributed by atoms with Crippen LogP contribution in [0.5, 0.6) is 0 Å². The standard InChI is InChI=1S/C23H25N5O3/c29-22-20(21(26-11-3-4-12-26)25-19-5-1-2-13-28(19)22)16-6-8-17(9-7-16)24-18-10-14-27(15-18)23(30)31/h1-2,5-9,13,18,24H,3-4,10-12,14-15H2,(H,30,31). The van der Waals surface area contributed by atoms with E-state index in [1.165, 1.54) is 4.90 Å². The van der Waals surface area contributed by atoms with E-state index in [1.54, 1.807) is 10.6 Å². The van der Waals surface area contributed by atoms with Gasteiger partial charge in [-0.2, -0.15) is 0 Å². The minimum Gasteiger partial charge on any atom is -0.465 e. The largest absolute Gasteiger partial charge is 0.465 e. The predicted octanol–water partition coefficient (Wildman–Crippen LogP) is 3.13. The maximum absolute atomic E-state index is 13.4. The molecule has 2 saturated heterocycles. The van der Waals surface area contributed by atoms with E-state index in [4.69, 9.17) is 10.1 Å². The van der Waals surface area contributed by atoms with E-state index >= 15 is 0 Å². The van der Waals surface area contributed by atoms with Crippen molar-refractivity contribution < 1.29 is 9.90 Å². The smallest absolute Gasteiger partial charge is 0.407 e. The van der Waals surface area contributed by atoms with Gasteiger partial charge in [-0.15, -0.1) is 0 Å². The second-order valence-electron chi connectivity index (χ2n) is 8.17. The van der Waals surface area contributed by atoms with E-state index in [1.807, 2.05) is 42.5 Å². The van der Waals surface area contributed by atoms with Crippen molar-refractivity contribution in [2.75, 3.05) is 36.4 Å². The molecule has 1 amide bonds. The van der Waals surface area contributed by atoms with Crippen LogP contribution in [-0.2, 0) is 0 Å². The number of nitrogens with zero attached hydrogens (tertiary/aromatic N) is 4. The Hall–Kier alpha value is -3.55. The van der Waals surface area contributed by atoms with Crippen LogP contribution >= 0.6 is 0 Å². The van der Waals surface area contributed by atoms with Gasteiger partial charge in [-0.1, -0.05) is 18.2 Å². The number of amides is 1. The van der Waals surface area contributed by atoms with Gasteiger partial charge in [-0.25, -0.2) is 9.78 Å². The third-order valence-corrected chi connectivity index (χ3v) is 6.12. The Morgan fingerprint density at radius 2 is 1.84 bits per heavy atom. The fraction of sp³-hybridized carbons (Fsp3) is 0.348. The van der Waals surface area contributed by atoms with Crippen LogP contribution in [0.15, 0.2) is 53.5 Å². The number of pyridine rings is 1. The first-order chi connectivity index (χ1) is 15.1. The van der Waals surface area contributed by atoms with E-state index in [2.05, 4.69) is 10.2 Å². The van der Waals surface area contributed by atoms with Crippen LogP contribution in [0.3, 0.4) is 0 Å². The molecule has 31 heavy (non-hydrogen) atoms. The monoisotopic (exact) mass is 419 g/mol. The summed E-state index contributed by atoms with van der Waals surface area (Å²) in [5.41, 5.74) is 2.95. The van der Waals surface area contributed by atoms with Crippen molar-refractivity contribution in [3.8, 4) is 11.1 Å². The highest BCUT2D eigenvalue weighted by atomic mass is 16.4. The molecule has 8 heteroatoms. The van der Waals surface area contributed by atoms with E-state index in [0.29, 0.717) is 24.3 Å². The molecule has 4 heterocycles. The lowest BCUT2D eigenvalue weighted by atomic mass is 10.1. The Bertz CT molecular complexity index is 1170. The molecular weight excluding hydrogens is 394 g/mol. The molecule has 0 bridgehead atoms. The molecule has 2 aromatic heterocycles. The third kappa shape index (κ3) is 3.69. The number of benzene rings is 1. The average Bonchev–Trinajstić information content (AvgIpc) is 3.47. The highest BCUT2D eigenvalue weighted by Crippen LogP contribution is 2.30. The maximum Gasteiger partial charge on any atom is 0.407 e. The molecule has 1 unspecified atom stereocenters. The van der Waals surface area contributed by atoms with Crippen LogP contribution in [0.25, 0.3) is 16.8 Å². The summed E-state index contributed by atoms with van der Waals surface area (Å²) in [4.78, 5) is 33.0. The molecular formula is C23H25N5O3. The molecule has 1 atom stereocenters. The van der Waals surface area contributed by atoms with Gasteiger partial charge in [0.05, 0.1) is 5.56 Å². The fourth-order valence-corrected chi connectivity index (χ4v) is 4.51. The molecule has 8 nitrogen and oxygen atoms in total. The van der Waals surface area contributed by atoms with Crippen LogP contribution in [0, 0.1) is 0 Å². The Morgan fingerprint density at radius 3 is 2.55 bits per heavy atom. The first kappa shape index (κ1) is 19.4. The lowest BCUT2D eigenvalue weighted by Gasteiger charge is -2.21. The summed E-state index contributed by atoms with van der Waals surface area (Å²) < 4.78 is 1.60. The van der Waals surface area contributed by atoms with Gasteiger partial charge < -0.3 is 20.2 Å². The van der Waals surface area contributed by atoms with Gasteiger partial charge in [0.25, 0.3) is 5.56 Å². The van der Waals surface area contributed by atoms with Crippen LogP contribution in [-0.4, -0.2) is 57.7 Å². The Morgan fingerprint density at radius 1 is 1.06 bits per heavy atom. The zero-order valence-electron chi connectivity index (χ0n) is 17.2. The second kappa shape index (κ2) is 7.94. The molecule has 2 fully saturated rings. The van der Waals surface area contributed by atoms with Crippen LogP contribution in [0.4, 0.5) is 16.3 Å². The van der Waals surface area contributed by atoms with Crippen LogP contribution in [0.2, 0.25) is 0 Å². The quantitative estimate of drug-likeness (QED) is 0.675. The Labute approximate surface area is 179 Å². The number of carbonyl (C=O) groups is 1. The van der Waals surface area contributed by atoms with Crippen molar-refractivity contribution in [3.05, 3.63) is 59.0 Å². The minimum absolute atomic E-state index is 0.0684. The molecule has 160 valence electrons. The topological polar surface area (TPSA) is 90.2 Å². The number of hydrogen-bond acceptors (Lipinski definition) is 5. The van der Waals surface area contributed by atoms with Gasteiger partial charge in [-0.3, -0.25) is 9.20 Å². The van der Waals surface area contributed by atoms with Crippen molar-refractivity contribution in [2.45, 2.75) is 25.3 Å². The summed E-state index contributed by atoms with van der Waals surface area (Å²) >= 11 is 0. The average molecular weight is 419 g/mol. The van der Waals surface area contributed by atoms with Crippen LogP contribution in [0.1, 0.15) is 19.3 Å². The first-order valence-corrected chi connectivity index (χ1v) is 10.7. The van der Waals surface area contributed by atoms with E-state index < -0.39 is 6.09 Å². The number of aromatic nitrogens is 2. The molecule has 0 radical (unpaired) electrons. The van der Waals surface area contributed by atoms with Gasteiger partial charge in [0.2, 0.25) is 0 Å². The number of hydrogen-bond donors (Lipinski definition) is 2. The molecule has 0 spiro atoms. The normalized spacial score (nSPS) is 18.6. The summed E-state index contributed by atoms with van der Waals surface area (Å²) in [5, 5.41) is 12.5. The summed E-state index contributed by atoms with van der Waals surface area (Å²) in [7, 11) is 0. The third-order valence-electron chi connectivity index (χ3n) is 6.12. The molecule has 1 aromatic carbocycles. The van der Waals surface area contributed by atoms with Crippen LogP contribution < -0.4 is 15.8 Å². The zero-order chi connectivity index (χ0) is 21.4. The van der Waals surface area contributed by atoms with Gasteiger partial charge in [0, 0.05) is 44.1 Å². The van der Waals surface area contributed by atoms with E-state index in [9.17, 15) is 9.59 Å². The van der Waals surface area contributed by atoms with Crippen molar-refractivity contribution in [1.82, 2.24) is 14.3 Å². The number of carboxylic acid groups (broad SMARTS) is 1. The van der Waals surface area contributed by atoms with Crippen molar-refractivity contribution in [1.29, 1.82) is 0 Å². The number of anilines is 2. The SMILES string of the molecule is O=C(O)N1CCC(Nc2ccc(-c3c(N4CCCC4)nc4ccccn4c3=O)cc2)C1. The fourth-order valence-electron chi connectivity index (χ4n) is 4.51. The highest BCUT2D eigenvalue weighted by molar-refractivity contribution is 5.78. The van der Waals surface area contributed by atoms with Gasteiger partial charge in [0.15, 0.2) is 0 Å². The van der Waals surface area contributed by atoms with Gasteiger partial charge in [0.1, 0.15) is 11.5 Å².